The molecule has 0 spiro atoms. The number of pyridine rings is 1. The van der Waals surface area contributed by atoms with E-state index in [-0.39, 0.29) is 0 Å². The topological polar surface area (TPSA) is 37.3 Å². The van der Waals surface area contributed by atoms with Crippen LogP contribution in [0.25, 0.3) is 0 Å². The van der Waals surface area contributed by atoms with Gasteiger partial charge >= 0.3 is 0 Å². The van der Waals surface area contributed by atoms with E-state index < -0.39 is 0 Å². The second-order valence-corrected chi connectivity index (χ2v) is 4.06. The van der Waals surface area contributed by atoms with E-state index >= 15 is 0 Å². The molecule has 1 heterocycles. The number of nitrogens with one attached hydrogen (secondary N) is 1. The fourth-order valence-corrected chi connectivity index (χ4v) is 1.61. The zero-order valence-corrected chi connectivity index (χ0v) is 10.1. The molecule has 0 amide bonds. The molecular weight excluding hydrogens is 266 g/mol. The van der Waals surface area contributed by atoms with Crippen molar-refractivity contribution in [2.75, 3.05) is 5.43 Å². The minimum Gasteiger partial charge on any atom is -0.261 e. The van der Waals surface area contributed by atoms with E-state index in [4.69, 9.17) is 0 Å². The molecule has 0 fully saturated rings. The SMILES string of the molecule is Brc1cccc(/C=N\Nc2ccccn2)c1. The number of hydrazone groups is 1. The molecule has 0 aliphatic carbocycles. The van der Waals surface area contributed by atoms with Gasteiger partial charge in [-0.2, -0.15) is 5.10 Å². The van der Waals surface area contributed by atoms with Gasteiger partial charge in [-0.15, -0.1) is 0 Å². The molecule has 0 unspecified atom stereocenters. The van der Waals surface area contributed by atoms with Crippen LogP contribution in [0.5, 0.6) is 0 Å². The number of rotatable bonds is 3. The summed E-state index contributed by atoms with van der Waals surface area (Å²) in [7, 11) is 0. The third kappa shape index (κ3) is 3.17. The van der Waals surface area contributed by atoms with Crippen LogP contribution in [-0.4, -0.2) is 11.2 Å². The molecule has 0 saturated heterocycles. The Kier molecular flexibility index (Phi) is 3.66. The summed E-state index contributed by atoms with van der Waals surface area (Å²) in [5, 5.41) is 4.09. The standard InChI is InChI=1S/C12H10BrN3/c13-11-5-3-4-10(8-11)9-15-16-12-6-1-2-7-14-12/h1-9H,(H,14,16)/b15-9-. The quantitative estimate of drug-likeness (QED) is 0.690. The molecule has 1 aromatic carbocycles. The lowest BCUT2D eigenvalue weighted by molar-refractivity contribution is 1.23. The lowest BCUT2D eigenvalue weighted by Gasteiger charge is -1.97. The van der Waals surface area contributed by atoms with Gasteiger partial charge in [0.2, 0.25) is 0 Å². The number of halogens is 1. The van der Waals surface area contributed by atoms with Crippen molar-refractivity contribution < 1.29 is 0 Å². The number of hydrogen-bond donors (Lipinski definition) is 1. The molecule has 0 atom stereocenters. The zero-order chi connectivity index (χ0) is 11.2. The molecule has 4 heteroatoms. The average Bonchev–Trinajstić information content (AvgIpc) is 2.30. The smallest absolute Gasteiger partial charge is 0.146 e. The lowest BCUT2D eigenvalue weighted by atomic mass is 10.2. The van der Waals surface area contributed by atoms with E-state index in [9.17, 15) is 0 Å². The molecule has 3 nitrogen and oxygen atoms in total. The molecule has 2 rings (SSSR count). The fraction of sp³-hybridized carbons (Fsp3) is 0. The van der Waals surface area contributed by atoms with E-state index in [0.29, 0.717) is 0 Å². The first kappa shape index (κ1) is 10.8. The highest BCUT2D eigenvalue weighted by Crippen LogP contribution is 2.10. The normalized spacial score (nSPS) is 10.6. The first-order valence-electron chi connectivity index (χ1n) is 4.80. The van der Waals surface area contributed by atoms with E-state index in [1.165, 1.54) is 0 Å². The third-order valence-electron chi connectivity index (χ3n) is 1.91. The fourth-order valence-electron chi connectivity index (χ4n) is 1.19. The monoisotopic (exact) mass is 275 g/mol. The Morgan fingerprint density at radius 1 is 1.19 bits per heavy atom. The molecule has 1 N–H and O–H groups in total. The average molecular weight is 276 g/mol. The van der Waals surface area contributed by atoms with Crippen molar-refractivity contribution in [3.8, 4) is 0 Å². The Labute approximate surface area is 102 Å². The molecule has 1 aromatic heterocycles. The summed E-state index contributed by atoms with van der Waals surface area (Å²) in [4.78, 5) is 4.09. The molecular formula is C12H10BrN3. The van der Waals surface area contributed by atoms with E-state index in [2.05, 4.69) is 31.4 Å². The van der Waals surface area contributed by atoms with Gasteiger partial charge in [-0.3, -0.25) is 5.43 Å². The van der Waals surface area contributed by atoms with Crippen molar-refractivity contribution in [2.45, 2.75) is 0 Å². The Balaban J connectivity index is 2.00. The molecule has 0 radical (unpaired) electrons. The number of hydrogen-bond acceptors (Lipinski definition) is 3. The maximum Gasteiger partial charge on any atom is 0.146 e. The van der Waals surface area contributed by atoms with Crippen molar-refractivity contribution in [1.82, 2.24) is 4.98 Å². The highest BCUT2D eigenvalue weighted by molar-refractivity contribution is 9.10. The number of nitrogens with zero attached hydrogens (tertiary/aromatic N) is 2. The number of aromatic nitrogens is 1. The maximum atomic E-state index is 4.09. The first-order valence-corrected chi connectivity index (χ1v) is 5.59. The summed E-state index contributed by atoms with van der Waals surface area (Å²) in [6, 6.07) is 13.5. The van der Waals surface area contributed by atoms with Crippen molar-refractivity contribution in [2.24, 2.45) is 5.10 Å². The van der Waals surface area contributed by atoms with Gasteiger partial charge in [0, 0.05) is 10.7 Å². The molecule has 16 heavy (non-hydrogen) atoms. The van der Waals surface area contributed by atoms with Crippen molar-refractivity contribution in [1.29, 1.82) is 0 Å². The summed E-state index contributed by atoms with van der Waals surface area (Å²) < 4.78 is 1.04. The van der Waals surface area contributed by atoms with Crippen LogP contribution in [0.15, 0.2) is 58.2 Å². The molecule has 0 saturated carbocycles. The highest BCUT2D eigenvalue weighted by Gasteiger charge is 1.89. The molecule has 0 aliphatic rings. The van der Waals surface area contributed by atoms with Gasteiger partial charge in [0.15, 0.2) is 0 Å². The Hall–Kier alpha value is -1.68. The van der Waals surface area contributed by atoms with Crippen LogP contribution in [0.4, 0.5) is 5.82 Å². The van der Waals surface area contributed by atoms with Crippen molar-refractivity contribution >= 4 is 28.0 Å². The summed E-state index contributed by atoms with van der Waals surface area (Å²) in [5.74, 6) is 0.730. The largest absolute Gasteiger partial charge is 0.261 e. The minimum absolute atomic E-state index is 0.730. The van der Waals surface area contributed by atoms with E-state index in [1.807, 2.05) is 42.5 Å². The van der Waals surface area contributed by atoms with Gasteiger partial charge in [0.25, 0.3) is 0 Å². The van der Waals surface area contributed by atoms with Gasteiger partial charge in [-0.25, -0.2) is 4.98 Å². The Morgan fingerprint density at radius 3 is 2.88 bits per heavy atom. The number of benzene rings is 1. The first-order chi connectivity index (χ1) is 7.84. The van der Waals surface area contributed by atoms with E-state index in [0.717, 1.165) is 15.9 Å². The van der Waals surface area contributed by atoms with E-state index in [1.54, 1.807) is 12.4 Å². The van der Waals surface area contributed by atoms with Gasteiger partial charge in [-0.1, -0.05) is 34.1 Å². The van der Waals surface area contributed by atoms with Crippen molar-refractivity contribution in [3.05, 3.63) is 58.7 Å². The van der Waals surface area contributed by atoms with Gasteiger partial charge in [0.1, 0.15) is 5.82 Å². The number of anilines is 1. The van der Waals surface area contributed by atoms with Crippen LogP contribution in [0.2, 0.25) is 0 Å². The highest BCUT2D eigenvalue weighted by atomic mass is 79.9. The molecule has 2 aromatic rings. The van der Waals surface area contributed by atoms with Gasteiger partial charge in [0.05, 0.1) is 6.21 Å². The second kappa shape index (κ2) is 5.42. The molecule has 0 bridgehead atoms. The third-order valence-corrected chi connectivity index (χ3v) is 2.40. The Morgan fingerprint density at radius 2 is 2.12 bits per heavy atom. The van der Waals surface area contributed by atoms with Crippen molar-refractivity contribution in [3.63, 3.8) is 0 Å². The predicted octanol–water partition coefficient (Wildman–Crippen LogP) is 3.29. The summed E-state index contributed by atoms with van der Waals surface area (Å²) >= 11 is 3.40. The summed E-state index contributed by atoms with van der Waals surface area (Å²) in [6.45, 7) is 0. The van der Waals surface area contributed by atoms with Crippen LogP contribution >= 0.6 is 15.9 Å². The summed E-state index contributed by atoms with van der Waals surface area (Å²) in [6.07, 6.45) is 3.47. The summed E-state index contributed by atoms with van der Waals surface area (Å²) in [5.41, 5.74) is 3.88. The van der Waals surface area contributed by atoms with Crippen LogP contribution in [0.3, 0.4) is 0 Å². The van der Waals surface area contributed by atoms with Crippen LogP contribution < -0.4 is 5.43 Å². The van der Waals surface area contributed by atoms with Gasteiger partial charge < -0.3 is 0 Å². The minimum atomic E-state index is 0.730. The van der Waals surface area contributed by atoms with Crippen LogP contribution in [0.1, 0.15) is 5.56 Å². The maximum absolute atomic E-state index is 4.09. The predicted molar refractivity (Wildman–Crippen MR) is 69.6 cm³/mol. The Bertz CT molecular complexity index is 483. The molecule has 0 aliphatic heterocycles. The van der Waals surface area contributed by atoms with Gasteiger partial charge in [-0.05, 0) is 29.8 Å². The van der Waals surface area contributed by atoms with Crippen LogP contribution in [-0.2, 0) is 0 Å². The second-order valence-electron chi connectivity index (χ2n) is 3.14. The zero-order valence-electron chi connectivity index (χ0n) is 8.47. The lowest BCUT2D eigenvalue weighted by Crippen LogP contribution is -1.92. The van der Waals surface area contributed by atoms with Crippen LogP contribution in [0, 0.1) is 0 Å². The molecule has 80 valence electrons.